The van der Waals surface area contributed by atoms with Gasteiger partial charge in [0.1, 0.15) is 5.60 Å². The van der Waals surface area contributed by atoms with Crippen LogP contribution in [0.4, 0.5) is 4.79 Å². The van der Waals surface area contributed by atoms with Crippen molar-refractivity contribution in [2.24, 2.45) is 10.9 Å². The molecule has 0 aliphatic carbocycles. The van der Waals surface area contributed by atoms with Crippen LogP contribution in [0.15, 0.2) is 4.99 Å². The number of rotatable bonds is 3. The number of likely N-dealkylation sites (tertiary alicyclic amines) is 1. The maximum atomic E-state index is 12.1. The van der Waals surface area contributed by atoms with Gasteiger partial charge in [0.05, 0.1) is 0 Å². The highest BCUT2D eigenvalue weighted by molar-refractivity contribution is 14.0. The summed E-state index contributed by atoms with van der Waals surface area (Å²) in [5.74, 6) is 1.46. The van der Waals surface area contributed by atoms with Crippen molar-refractivity contribution in [3.63, 3.8) is 0 Å². The number of hydrogen-bond acceptors (Lipinski definition) is 5. The Morgan fingerprint density at radius 3 is 2.87 bits per heavy atom. The first-order valence-corrected chi connectivity index (χ1v) is 8.44. The van der Waals surface area contributed by atoms with Gasteiger partial charge in [-0.25, -0.2) is 4.79 Å². The minimum absolute atomic E-state index is 0. The lowest BCUT2D eigenvalue weighted by Crippen LogP contribution is -2.44. The zero-order valence-corrected chi connectivity index (χ0v) is 16.9. The van der Waals surface area contributed by atoms with E-state index in [1.807, 2.05) is 25.7 Å². The predicted octanol–water partition coefficient (Wildman–Crippen LogP) is 2.58. The Morgan fingerprint density at radius 1 is 1.43 bits per heavy atom. The summed E-state index contributed by atoms with van der Waals surface area (Å²) in [6, 6.07) is 0. The zero-order chi connectivity index (χ0) is 16.0. The topological polar surface area (TPSA) is 66.0 Å². The lowest BCUT2D eigenvalue weighted by atomic mass is 9.95. The summed E-state index contributed by atoms with van der Waals surface area (Å²) in [4.78, 5) is 18.4. The Bertz CT molecular complexity index is 409. The molecule has 0 aromatic carbocycles. The minimum atomic E-state index is -0.420. The van der Waals surface area contributed by atoms with Crippen LogP contribution in [0.3, 0.4) is 0 Å². The number of halogens is 1. The fourth-order valence-corrected chi connectivity index (χ4v) is 2.84. The van der Waals surface area contributed by atoms with Crippen LogP contribution in [-0.4, -0.2) is 55.3 Å². The van der Waals surface area contributed by atoms with Crippen LogP contribution >= 0.6 is 24.0 Å². The average Bonchev–Trinajstić information content (AvgIpc) is 2.47. The van der Waals surface area contributed by atoms with Crippen LogP contribution in [-0.2, 0) is 4.74 Å². The van der Waals surface area contributed by atoms with E-state index in [9.17, 15) is 4.79 Å². The minimum Gasteiger partial charge on any atom is -0.444 e. The Balaban J connectivity index is 0.00000264. The molecule has 2 rings (SSSR count). The third kappa shape index (κ3) is 7.58. The van der Waals surface area contributed by atoms with E-state index >= 15 is 0 Å². The number of hydrogen-bond donors (Lipinski definition) is 2. The lowest BCUT2D eigenvalue weighted by molar-refractivity contribution is 0.0162. The molecule has 1 atom stereocenters. The number of nitrogens with one attached hydrogen (secondary N) is 2. The van der Waals surface area contributed by atoms with Crippen LogP contribution in [0.2, 0.25) is 0 Å². The highest BCUT2D eigenvalue weighted by Crippen LogP contribution is 2.21. The van der Waals surface area contributed by atoms with Crippen molar-refractivity contribution in [2.75, 3.05) is 32.7 Å². The summed E-state index contributed by atoms with van der Waals surface area (Å²) in [7, 11) is 0. The van der Waals surface area contributed by atoms with E-state index in [4.69, 9.17) is 4.74 Å². The molecule has 1 fully saturated rings. The van der Waals surface area contributed by atoms with E-state index < -0.39 is 5.60 Å². The highest BCUT2D eigenvalue weighted by Gasteiger charge is 2.27. The van der Waals surface area contributed by atoms with E-state index in [1.165, 1.54) is 6.42 Å². The number of guanidine groups is 1. The molecular formula is C16H31IN4O2. The lowest BCUT2D eigenvalue weighted by Gasteiger charge is -2.34. The normalized spacial score (nSPS) is 21.6. The Morgan fingerprint density at radius 2 is 2.22 bits per heavy atom. The van der Waals surface area contributed by atoms with Gasteiger partial charge in [-0.05, 0) is 52.4 Å². The molecule has 2 heterocycles. The van der Waals surface area contributed by atoms with Crippen molar-refractivity contribution >= 4 is 36.0 Å². The van der Waals surface area contributed by atoms with Gasteiger partial charge in [0.25, 0.3) is 0 Å². The molecule has 1 unspecified atom stereocenters. The molecule has 0 aromatic heterocycles. The molecule has 2 aliphatic rings. The summed E-state index contributed by atoms with van der Waals surface area (Å²) < 4.78 is 5.47. The molecule has 0 saturated carbocycles. The van der Waals surface area contributed by atoms with Gasteiger partial charge in [-0.1, -0.05) is 0 Å². The van der Waals surface area contributed by atoms with Crippen LogP contribution in [0.1, 0.15) is 46.5 Å². The molecule has 2 aliphatic heterocycles. The van der Waals surface area contributed by atoms with Gasteiger partial charge in [0, 0.05) is 32.7 Å². The number of amides is 1. The van der Waals surface area contributed by atoms with Gasteiger partial charge in [0.15, 0.2) is 5.96 Å². The summed E-state index contributed by atoms with van der Waals surface area (Å²) in [6.07, 6.45) is 4.23. The van der Waals surface area contributed by atoms with Crippen LogP contribution in [0.5, 0.6) is 0 Å². The average molecular weight is 438 g/mol. The van der Waals surface area contributed by atoms with E-state index in [-0.39, 0.29) is 30.1 Å². The molecule has 7 heteroatoms. The third-order valence-electron chi connectivity index (χ3n) is 3.91. The number of nitrogens with zero attached hydrogens (tertiary/aromatic N) is 2. The van der Waals surface area contributed by atoms with E-state index in [1.54, 1.807) is 0 Å². The number of carbonyl (C=O) groups excluding carboxylic acids is 1. The largest absolute Gasteiger partial charge is 0.444 e. The second-order valence-corrected chi connectivity index (χ2v) is 7.16. The Hall–Kier alpha value is -0.730. The van der Waals surface area contributed by atoms with E-state index in [0.717, 1.165) is 57.9 Å². The molecule has 1 amide bonds. The van der Waals surface area contributed by atoms with Gasteiger partial charge < -0.3 is 20.3 Å². The van der Waals surface area contributed by atoms with Crippen molar-refractivity contribution < 1.29 is 9.53 Å². The fourth-order valence-electron chi connectivity index (χ4n) is 2.84. The number of piperidine rings is 1. The first kappa shape index (κ1) is 20.3. The molecule has 23 heavy (non-hydrogen) atoms. The second-order valence-electron chi connectivity index (χ2n) is 7.16. The number of carbonyl (C=O) groups is 1. The van der Waals surface area contributed by atoms with Crippen LogP contribution < -0.4 is 10.6 Å². The zero-order valence-electron chi connectivity index (χ0n) is 14.6. The van der Waals surface area contributed by atoms with Gasteiger partial charge in [-0.15, -0.1) is 24.0 Å². The van der Waals surface area contributed by atoms with E-state index in [0.29, 0.717) is 5.92 Å². The van der Waals surface area contributed by atoms with Crippen molar-refractivity contribution in [1.29, 1.82) is 0 Å². The van der Waals surface area contributed by atoms with Crippen LogP contribution in [0, 0.1) is 5.92 Å². The molecule has 134 valence electrons. The maximum Gasteiger partial charge on any atom is 0.410 e. The van der Waals surface area contributed by atoms with Crippen LogP contribution in [0.25, 0.3) is 0 Å². The molecule has 0 spiro atoms. The van der Waals surface area contributed by atoms with Gasteiger partial charge in [-0.3, -0.25) is 4.99 Å². The summed E-state index contributed by atoms with van der Waals surface area (Å²) >= 11 is 0. The van der Waals surface area contributed by atoms with Crippen molar-refractivity contribution in [1.82, 2.24) is 15.5 Å². The summed E-state index contributed by atoms with van der Waals surface area (Å²) in [6.45, 7) is 10.2. The molecule has 6 nitrogen and oxygen atoms in total. The second kappa shape index (κ2) is 9.54. The predicted molar refractivity (Wildman–Crippen MR) is 103 cm³/mol. The molecule has 1 saturated heterocycles. The number of aliphatic imine (C=N–C) groups is 1. The highest BCUT2D eigenvalue weighted by atomic mass is 127. The molecule has 0 aromatic rings. The molecular weight excluding hydrogens is 407 g/mol. The van der Waals surface area contributed by atoms with Gasteiger partial charge in [-0.2, -0.15) is 0 Å². The summed E-state index contributed by atoms with van der Waals surface area (Å²) in [5, 5.41) is 6.62. The van der Waals surface area contributed by atoms with Gasteiger partial charge >= 0.3 is 6.09 Å². The van der Waals surface area contributed by atoms with Crippen molar-refractivity contribution in [3.05, 3.63) is 0 Å². The van der Waals surface area contributed by atoms with Gasteiger partial charge in [0.2, 0.25) is 0 Å². The smallest absolute Gasteiger partial charge is 0.410 e. The fraction of sp³-hybridized carbons (Fsp3) is 0.875. The summed E-state index contributed by atoms with van der Waals surface area (Å²) in [5.41, 5.74) is -0.420. The first-order valence-electron chi connectivity index (χ1n) is 8.44. The SMILES string of the molecule is CC(C)(C)OC(=O)N1CCCC(CCNC2=NCCCN2)C1.I. The monoisotopic (exact) mass is 438 g/mol. The standard InChI is InChI=1S/C16H30N4O2.HI/c1-16(2,3)22-15(21)20-11-4-6-13(12-20)7-10-19-14-17-8-5-9-18-14;/h13H,4-12H2,1-3H3,(H2,17,18,19);1H. The molecule has 0 bridgehead atoms. The number of ether oxygens (including phenoxy) is 1. The first-order chi connectivity index (χ1) is 10.4. The molecule has 2 N–H and O–H groups in total. The van der Waals surface area contributed by atoms with E-state index in [2.05, 4.69) is 15.6 Å². The van der Waals surface area contributed by atoms with Crippen molar-refractivity contribution in [2.45, 2.75) is 52.1 Å². The molecule has 0 radical (unpaired) electrons. The Kier molecular flexibility index (Phi) is 8.42. The quantitative estimate of drug-likeness (QED) is 0.665. The third-order valence-corrected chi connectivity index (χ3v) is 3.91. The Labute approximate surface area is 156 Å². The maximum absolute atomic E-state index is 12.1. The van der Waals surface area contributed by atoms with Crippen molar-refractivity contribution in [3.8, 4) is 0 Å².